The predicted molar refractivity (Wildman–Crippen MR) is 83.2 cm³/mol. The molecule has 0 amide bonds. The van der Waals surface area contributed by atoms with Gasteiger partial charge in [0.1, 0.15) is 5.76 Å². The number of allylic oxidation sites excluding steroid dienone is 1. The molecule has 2 aromatic carbocycles. The van der Waals surface area contributed by atoms with E-state index in [4.69, 9.17) is 0 Å². The molecule has 0 saturated carbocycles. The van der Waals surface area contributed by atoms with Crippen LogP contribution in [0.2, 0.25) is 0 Å². The van der Waals surface area contributed by atoms with Crippen molar-refractivity contribution < 1.29 is 9.90 Å². The third-order valence-corrected chi connectivity index (χ3v) is 3.59. The molecule has 4 heteroatoms. The molecular formula is C15H10Br2O2. The van der Waals surface area contributed by atoms with Gasteiger partial charge in [0.25, 0.3) is 0 Å². The third kappa shape index (κ3) is 3.78. The first-order valence-electron chi connectivity index (χ1n) is 5.53. The normalized spacial score (nSPS) is 11.4. The Labute approximate surface area is 128 Å². The van der Waals surface area contributed by atoms with Gasteiger partial charge in [-0.15, -0.1) is 0 Å². The Bertz CT molecular complexity index is 614. The molecule has 2 nitrogen and oxygen atoms in total. The molecule has 0 saturated heterocycles. The quantitative estimate of drug-likeness (QED) is 0.461. The van der Waals surface area contributed by atoms with Gasteiger partial charge in [-0.2, -0.15) is 0 Å². The summed E-state index contributed by atoms with van der Waals surface area (Å²) in [5.41, 5.74) is 1.14. The number of aliphatic hydroxyl groups excluding tert-OH is 1. The van der Waals surface area contributed by atoms with Crippen LogP contribution in [-0.4, -0.2) is 10.9 Å². The zero-order chi connectivity index (χ0) is 13.8. The summed E-state index contributed by atoms with van der Waals surface area (Å²) in [6, 6.07) is 14.1. The molecule has 0 radical (unpaired) electrons. The maximum Gasteiger partial charge on any atom is 0.189 e. The second-order valence-corrected chi connectivity index (χ2v) is 5.74. The number of benzene rings is 2. The fourth-order valence-electron chi connectivity index (χ4n) is 1.53. The van der Waals surface area contributed by atoms with Crippen LogP contribution in [0.4, 0.5) is 0 Å². The number of carbonyl (C=O) groups excluding carboxylic acids is 1. The monoisotopic (exact) mass is 380 g/mol. The second-order valence-electron chi connectivity index (χ2n) is 3.91. The molecule has 2 rings (SSSR count). The van der Waals surface area contributed by atoms with Gasteiger partial charge in [-0.25, -0.2) is 0 Å². The standard InChI is InChI=1S/C15H10Br2O2/c16-12-5-1-10(2-6-12)14(18)9-15(19)11-3-7-13(17)8-4-11/h1-9,18H/b14-9-. The molecule has 2 aromatic rings. The van der Waals surface area contributed by atoms with Crippen molar-refractivity contribution >= 4 is 43.4 Å². The molecule has 0 aliphatic heterocycles. The molecule has 19 heavy (non-hydrogen) atoms. The molecule has 0 atom stereocenters. The molecule has 96 valence electrons. The number of hydrogen-bond acceptors (Lipinski definition) is 2. The smallest absolute Gasteiger partial charge is 0.189 e. The summed E-state index contributed by atoms with van der Waals surface area (Å²) in [6.07, 6.45) is 1.23. The van der Waals surface area contributed by atoms with Gasteiger partial charge >= 0.3 is 0 Å². The minimum atomic E-state index is -0.229. The van der Waals surface area contributed by atoms with Crippen molar-refractivity contribution in [3.05, 3.63) is 74.7 Å². The molecule has 0 aliphatic carbocycles. The first-order chi connectivity index (χ1) is 9.06. The molecule has 0 aromatic heterocycles. The second kappa shape index (κ2) is 6.17. The van der Waals surface area contributed by atoms with Crippen LogP contribution in [0.25, 0.3) is 5.76 Å². The van der Waals surface area contributed by atoms with E-state index in [0.29, 0.717) is 11.1 Å². The van der Waals surface area contributed by atoms with Gasteiger partial charge in [0.05, 0.1) is 0 Å². The summed E-state index contributed by atoms with van der Waals surface area (Å²) >= 11 is 6.62. The lowest BCUT2D eigenvalue weighted by Gasteiger charge is -2.01. The fourth-order valence-corrected chi connectivity index (χ4v) is 2.05. The van der Waals surface area contributed by atoms with E-state index < -0.39 is 0 Å². The Morgan fingerprint density at radius 3 is 1.74 bits per heavy atom. The van der Waals surface area contributed by atoms with Crippen LogP contribution < -0.4 is 0 Å². The van der Waals surface area contributed by atoms with Crippen molar-refractivity contribution in [2.45, 2.75) is 0 Å². The first kappa shape index (κ1) is 14.0. The van der Waals surface area contributed by atoms with E-state index in [1.165, 1.54) is 6.08 Å². The van der Waals surface area contributed by atoms with Crippen LogP contribution in [0, 0.1) is 0 Å². The summed E-state index contributed by atoms with van der Waals surface area (Å²) in [4.78, 5) is 11.9. The zero-order valence-electron chi connectivity index (χ0n) is 9.81. The molecule has 0 bridgehead atoms. The zero-order valence-corrected chi connectivity index (χ0v) is 13.0. The Balaban J connectivity index is 2.22. The number of rotatable bonds is 3. The molecule has 0 spiro atoms. The van der Waals surface area contributed by atoms with Crippen LogP contribution >= 0.6 is 31.9 Å². The summed E-state index contributed by atoms with van der Waals surface area (Å²) in [5.74, 6) is -0.270. The van der Waals surface area contributed by atoms with Crippen LogP contribution in [0.3, 0.4) is 0 Å². The van der Waals surface area contributed by atoms with Gasteiger partial charge in [0.15, 0.2) is 5.78 Å². The van der Waals surface area contributed by atoms with E-state index in [-0.39, 0.29) is 11.5 Å². The molecule has 0 unspecified atom stereocenters. The van der Waals surface area contributed by atoms with Crippen molar-refractivity contribution in [3.63, 3.8) is 0 Å². The van der Waals surface area contributed by atoms with E-state index in [1.807, 2.05) is 12.1 Å². The van der Waals surface area contributed by atoms with Crippen molar-refractivity contribution in [1.29, 1.82) is 0 Å². The number of halogens is 2. The SMILES string of the molecule is O=C(/C=C(\O)c1ccc(Br)cc1)c1ccc(Br)cc1. The minimum Gasteiger partial charge on any atom is -0.507 e. The molecule has 0 fully saturated rings. The van der Waals surface area contributed by atoms with E-state index in [9.17, 15) is 9.90 Å². The summed E-state index contributed by atoms with van der Waals surface area (Å²) in [7, 11) is 0. The molecule has 1 N–H and O–H groups in total. The van der Waals surface area contributed by atoms with Crippen LogP contribution in [0.1, 0.15) is 15.9 Å². The third-order valence-electron chi connectivity index (χ3n) is 2.54. The van der Waals surface area contributed by atoms with E-state index in [1.54, 1.807) is 36.4 Å². The average molecular weight is 382 g/mol. The fraction of sp³-hybridized carbons (Fsp3) is 0. The molecule has 0 aliphatic rings. The molecule has 0 heterocycles. The van der Waals surface area contributed by atoms with Gasteiger partial charge in [-0.05, 0) is 36.4 Å². The lowest BCUT2D eigenvalue weighted by molar-refractivity contribution is 0.104. The highest BCUT2D eigenvalue weighted by molar-refractivity contribution is 9.10. The van der Waals surface area contributed by atoms with Gasteiger partial charge < -0.3 is 5.11 Å². The Kier molecular flexibility index (Phi) is 4.56. The highest BCUT2D eigenvalue weighted by Gasteiger charge is 2.06. The summed E-state index contributed by atoms with van der Waals surface area (Å²) < 4.78 is 1.83. The van der Waals surface area contributed by atoms with Gasteiger partial charge in [0.2, 0.25) is 0 Å². The maximum atomic E-state index is 11.9. The van der Waals surface area contributed by atoms with Crippen LogP contribution in [-0.2, 0) is 0 Å². The number of ketones is 1. The lowest BCUT2D eigenvalue weighted by atomic mass is 10.1. The minimum absolute atomic E-state index is 0.0413. The van der Waals surface area contributed by atoms with Crippen molar-refractivity contribution in [3.8, 4) is 0 Å². The van der Waals surface area contributed by atoms with Crippen LogP contribution in [0.5, 0.6) is 0 Å². The maximum absolute atomic E-state index is 11.9. The Hall–Kier alpha value is -1.39. The topological polar surface area (TPSA) is 37.3 Å². The lowest BCUT2D eigenvalue weighted by Crippen LogP contribution is -1.96. The predicted octanol–water partition coefficient (Wildman–Crippen LogP) is 4.99. The summed E-state index contributed by atoms with van der Waals surface area (Å²) in [5, 5.41) is 9.91. The van der Waals surface area contributed by atoms with E-state index in [2.05, 4.69) is 31.9 Å². The first-order valence-corrected chi connectivity index (χ1v) is 7.11. The Morgan fingerprint density at radius 1 is 0.842 bits per heavy atom. The Morgan fingerprint density at radius 2 is 1.26 bits per heavy atom. The highest BCUT2D eigenvalue weighted by Crippen LogP contribution is 2.17. The number of hydrogen-bond donors (Lipinski definition) is 1. The number of aliphatic hydroxyl groups is 1. The van der Waals surface area contributed by atoms with E-state index in [0.717, 1.165) is 8.95 Å². The largest absolute Gasteiger partial charge is 0.507 e. The number of carbonyl (C=O) groups is 1. The molecular weight excluding hydrogens is 372 g/mol. The average Bonchev–Trinajstić information content (AvgIpc) is 2.40. The van der Waals surface area contributed by atoms with Gasteiger partial charge in [0, 0.05) is 26.1 Å². The van der Waals surface area contributed by atoms with Crippen molar-refractivity contribution in [2.24, 2.45) is 0 Å². The highest BCUT2D eigenvalue weighted by atomic mass is 79.9. The van der Waals surface area contributed by atoms with Crippen molar-refractivity contribution in [2.75, 3.05) is 0 Å². The van der Waals surface area contributed by atoms with Gasteiger partial charge in [-0.1, -0.05) is 44.0 Å². The van der Waals surface area contributed by atoms with E-state index >= 15 is 0 Å². The van der Waals surface area contributed by atoms with Crippen molar-refractivity contribution in [1.82, 2.24) is 0 Å². The van der Waals surface area contributed by atoms with Crippen LogP contribution in [0.15, 0.2) is 63.6 Å². The van der Waals surface area contributed by atoms with Gasteiger partial charge in [-0.3, -0.25) is 4.79 Å². The summed E-state index contributed by atoms with van der Waals surface area (Å²) in [6.45, 7) is 0.